The first-order valence-corrected chi connectivity index (χ1v) is 42.0. The fourth-order valence-electron chi connectivity index (χ4n) is 14.5. The van der Waals surface area contributed by atoms with E-state index in [0.717, 1.165) is 21.6 Å². The molecule has 2 aromatic carbocycles. The Bertz CT molecular complexity index is 4510. The van der Waals surface area contributed by atoms with Gasteiger partial charge in [-0.2, -0.15) is 0 Å². The number of nitrogens with one attached hydrogen (secondary N) is 15. The minimum atomic E-state index is -1.83. The number of aliphatic carboxylic acids is 1. The van der Waals surface area contributed by atoms with Crippen LogP contribution in [0.5, 0.6) is 0 Å². The first kappa shape index (κ1) is 91.1. The number of carboxylic acids is 1. The molecule has 3 aromatic heterocycles. The SMILES string of the molecule is CC(C)C[C@@H]1NC(=O)[C@H](CCC(=O)O)NC(=O)CNC(=O)[C@H](CC(C)C)NC(O)[C@H](Cc2cnc[nH]2)NC(=O)[C@H](Cc2c[nH]c3ccccc23)NC(=O)[C@H](C)NC(=O)[C@@H]2CSSCC(=NC(=O)[C@H](Cc3c[nH]c4ccccc34)NC(=O)[C@H](C(C)C)NC1=O)C(=O)N[C@@H]([C@@H](C)O)C(=O)N1CCC[C@@H]1C(=O)N1C[C@@H](N)C[C@H]1C(=O)N[C@@H](C)C(=O)N2. The average Bonchev–Trinajstić information content (AvgIpc) is 1.63. The number of carbonyl (C=O) groups is 15. The van der Waals surface area contributed by atoms with Crippen molar-refractivity contribution in [3.05, 3.63) is 90.3 Å². The Morgan fingerprint density at radius 2 is 1.19 bits per heavy atom. The third-order valence-corrected chi connectivity index (χ3v) is 23.1. The summed E-state index contributed by atoms with van der Waals surface area (Å²) in [5, 5.41) is 66.7. The Labute approximate surface area is 688 Å². The first-order chi connectivity index (χ1) is 56.0. The second-order valence-corrected chi connectivity index (χ2v) is 34.0. The lowest BCUT2D eigenvalue weighted by Crippen LogP contribution is -2.61. The van der Waals surface area contributed by atoms with Gasteiger partial charge in [-0.15, -0.1) is 0 Å². The lowest BCUT2D eigenvalue weighted by molar-refractivity contribution is -0.149. The third-order valence-electron chi connectivity index (χ3n) is 20.8. The van der Waals surface area contributed by atoms with Crippen molar-refractivity contribution in [1.82, 2.24) is 93.5 Å². The van der Waals surface area contributed by atoms with Gasteiger partial charge in [0, 0.05) is 96.7 Å². The summed E-state index contributed by atoms with van der Waals surface area (Å²) in [7, 11) is 1.64. The van der Waals surface area contributed by atoms with Gasteiger partial charge in [0.05, 0.1) is 36.8 Å². The highest BCUT2D eigenvalue weighted by atomic mass is 33.1. The average molecular weight is 1680 g/mol. The van der Waals surface area contributed by atoms with Gasteiger partial charge in [-0.25, -0.2) is 9.98 Å². The van der Waals surface area contributed by atoms with Crippen molar-refractivity contribution in [3.8, 4) is 0 Å². The summed E-state index contributed by atoms with van der Waals surface area (Å²) in [5.41, 5.74) is 8.48. The Hall–Kier alpha value is -10.8. The highest BCUT2D eigenvalue weighted by molar-refractivity contribution is 8.76. The van der Waals surface area contributed by atoms with E-state index in [9.17, 15) is 68.1 Å². The monoisotopic (exact) mass is 1680 g/mol. The molecule has 0 spiro atoms. The van der Waals surface area contributed by atoms with Crippen LogP contribution in [0.25, 0.3) is 21.8 Å². The molecule has 14 amide bonds. The molecular formula is C78H108N20O18S2. The highest BCUT2D eigenvalue weighted by Gasteiger charge is 2.47. The Kier molecular flexibility index (Phi) is 32.5. The maximum atomic E-state index is 15.4. The summed E-state index contributed by atoms with van der Waals surface area (Å²) >= 11 is 0. The number of aromatic amines is 3. The third kappa shape index (κ3) is 24.7. The molecule has 40 heteroatoms. The van der Waals surface area contributed by atoms with Gasteiger partial charge in [-0.05, 0) is 100 Å². The number of benzene rings is 2. The summed E-state index contributed by atoms with van der Waals surface area (Å²) in [6.45, 7) is 13.0. The van der Waals surface area contributed by atoms with Crippen LogP contribution in [0.3, 0.4) is 0 Å². The first-order valence-electron chi connectivity index (χ1n) is 39.5. The van der Waals surface area contributed by atoms with Gasteiger partial charge in [0.2, 0.25) is 70.9 Å². The number of hydrogen-bond donors (Lipinski definition) is 19. The lowest BCUT2D eigenvalue weighted by Gasteiger charge is -2.33. The molecule has 5 aromatic rings. The number of carbonyl (C=O) groups excluding carboxylic acids is 14. The highest BCUT2D eigenvalue weighted by Crippen LogP contribution is 2.29. The fraction of sp³-hybridized carbons (Fsp3) is 0.551. The molecule has 16 atom stereocenters. The lowest BCUT2D eigenvalue weighted by atomic mass is 9.98. The van der Waals surface area contributed by atoms with Gasteiger partial charge in [0.25, 0.3) is 11.8 Å². The predicted octanol–water partition coefficient (Wildman–Crippen LogP) is -2.03. The number of fused-ring (bicyclic) bond motifs is 9. The number of para-hydroxylation sites is 2. The molecule has 7 heterocycles. The van der Waals surface area contributed by atoms with Crippen LogP contribution in [0, 0.1) is 17.8 Å². The molecule has 0 aliphatic carbocycles. The van der Waals surface area contributed by atoms with Gasteiger partial charge in [0.15, 0.2) is 0 Å². The molecule has 1 unspecified atom stereocenters. The summed E-state index contributed by atoms with van der Waals surface area (Å²) in [6.07, 6.45) is 0.812. The van der Waals surface area contributed by atoms with Crippen LogP contribution in [-0.2, 0) is 91.2 Å². The van der Waals surface area contributed by atoms with E-state index in [4.69, 9.17) is 5.73 Å². The summed E-state index contributed by atoms with van der Waals surface area (Å²) in [5.74, 6) is -17.1. The van der Waals surface area contributed by atoms with Crippen LogP contribution in [0.15, 0.2) is 78.4 Å². The van der Waals surface area contributed by atoms with Gasteiger partial charge < -0.3 is 104 Å². The zero-order valence-electron chi connectivity index (χ0n) is 67.2. The molecular weight excluding hydrogens is 1570 g/mol. The summed E-state index contributed by atoms with van der Waals surface area (Å²) < 4.78 is 0. The molecule has 4 aliphatic heterocycles. The molecule has 0 saturated carbocycles. The second-order valence-electron chi connectivity index (χ2n) is 31.5. The zero-order chi connectivity index (χ0) is 85.9. The smallest absolute Gasteiger partial charge is 0.303 e. The number of imidazole rings is 1. The topological polar surface area (TPSA) is 566 Å². The molecule has 0 radical (unpaired) electrons. The van der Waals surface area contributed by atoms with E-state index >= 15 is 19.2 Å². The van der Waals surface area contributed by atoms with Gasteiger partial charge in [0.1, 0.15) is 78.4 Å². The number of H-pyrrole nitrogens is 3. The normalized spacial score (nSPS) is 27.5. The Morgan fingerprint density at radius 1 is 0.593 bits per heavy atom. The Morgan fingerprint density at radius 3 is 1.81 bits per heavy atom. The molecule has 118 heavy (non-hydrogen) atoms. The van der Waals surface area contributed by atoms with Gasteiger partial charge >= 0.3 is 5.97 Å². The van der Waals surface area contributed by atoms with Crippen molar-refractivity contribution in [1.29, 1.82) is 0 Å². The number of rotatable bonds is 15. The number of aliphatic imine (C=N–C) groups is 1. The van der Waals surface area contributed by atoms with Crippen LogP contribution in [-0.4, -0.2) is 267 Å². The number of aromatic nitrogens is 4. The number of aliphatic hydroxyl groups is 2. The summed E-state index contributed by atoms with van der Waals surface area (Å²) in [4.78, 5) is 239. The van der Waals surface area contributed by atoms with Crippen molar-refractivity contribution in [3.63, 3.8) is 0 Å². The quantitative estimate of drug-likeness (QED) is 0.0503. The zero-order valence-corrected chi connectivity index (χ0v) is 68.8. The number of nitrogens with zero attached hydrogens (tertiary/aromatic N) is 4. The molecule has 20 N–H and O–H groups in total. The van der Waals surface area contributed by atoms with E-state index < -0.39 is 228 Å². The molecule has 2 bridgehead atoms. The van der Waals surface area contributed by atoms with Crippen LogP contribution in [0.2, 0.25) is 0 Å². The molecule has 9 rings (SSSR count). The number of aliphatic hydroxyl groups excluding tert-OH is 2. The minimum Gasteiger partial charge on any atom is -0.481 e. The van der Waals surface area contributed by atoms with Crippen LogP contribution in [0.1, 0.15) is 124 Å². The number of hydrogen-bond acceptors (Lipinski definition) is 22. The van der Waals surface area contributed by atoms with Gasteiger partial charge in [-0.1, -0.05) is 99.5 Å². The summed E-state index contributed by atoms with van der Waals surface area (Å²) in [6, 6.07) is -6.14. The van der Waals surface area contributed by atoms with Gasteiger partial charge in [-0.3, -0.25) is 77.2 Å². The molecule has 640 valence electrons. The van der Waals surface area contributed by atoms with Crippen molar-refractivity contribution in [2.45, 2.75) is 223 Å². The van der Waals surface area contributed by atoms with Crippen LogP contribution in [0.4, 0.5) is 0 Å². The van der Waals surface area contributed by atoms with E-state index in [2.05, 4.69) is 88.7 Å². The molecule has 3 fully saturated rings. The maximum Gasteiger partial charge on any atom is 0.303 e. The number of nitrogens with two attached hydrogens (primary N) is 1. The van der Waals surface area contributed by atoms with Crippen molar-refractivity contribution in [2.24, 2.45) is 28.5 Å². The standard InChI is InChI=1S/C78H108N20O18S2/c1-37(2)23-52-67(105)83-32-61(100)87-51(20-21-62(101)102)68(106)90-53(24-38(3)4)72(110)95-63(39(5)6)76(114)92-55(26-44-30-82-50-18-13-11-16-48(44)50)70(108)94-58-35-118-117-34-57(93-66(104)41(8)86-75(113)60-27-45(79)33-98(60)77(115)59-19-14-22-97(59)78(116)64(42(9)99)96-74(58)112)73(111)85-40(7)65(103)88-54(25-43-29-81-49-17-12-10-15-47(43)49)69(107)91-56(71(109)89-52)28-46-31-80-36-84-46/h10-13,15-18,29-31,36-42,45,51-57,59-60,63-64,71,81-82,89,99,109H,14,19-28,32-35,79H2,1-9H3,(H,80,84)(H,83,105)(H,85,111)(H,86,113)(H,87,100)(H,88,103)(H,90,106)(H,91,107)(H,92,114)(H,93,104)(H,95,110)(H,96,112)(H,101,102)/t40-,41-,42+,45-,51-,52-,53-,54-,55-,56-,57-,59+,60-,63-,64-,71?/m0/s1. The molecule has 3 saturated heterocycles. The van der Waals surface area contributed by atoms with Crippen molar-refractivity contribution in [2.75, 3.05) is 31.1 Å². The van der Waals surface area contributed by atoms with E-state index in [1.165, 1.54) is 43.1 Å². The van der Waals surface area contributed by atoms with E-state index in [1.54, 1.807) is 102 Å². The van der Waals surface area contributed by atoms with Crippen LogP contribution < -0.4 is 69.5 Å². The maximum absolute atomic E-state index is 15.4. The van der Waals surface area contributed by atoms with Crippen molar-refractivity contribution < 1.29 is 87.2 Å². The van der Waals surface area contributed by atoms with E-state index in [0.29, 0.717) is 38.6 Å². The van der Waals surface area contributed by atoms with E-state index in [-0.39, 0.29) is 76.3 Å². The molecule has 4 aliphatic rings. The second kappa shape index (κ2) is 42.0. The van der Waals surface area contributed by atoms with Crippen molar-refractivity contribution >= 4 is 138 Å². The van der Waals surface area contributed by atoms with Crippen LogP contribution >= 0.6 is 21.6 Å². The minimum absolute atomic E-state index is 0.0171. The fourth-order valence-corrected chi connectivity index (χ4v) is 16.6. The largest absolute Gasteiger partial charge is 0.481 e. The number of carboxylic acid groups (broad SMARTS) is 1. The Balaban J connectivity index is 1.13. The predicted molar refractivity (Wildman–Crippen MR) is 435 cm³/mol. The molecule has 38 nitrogen and oxygen atoms in total. The van der Waals surface area contributed by atoms with E-state index in [1.807, 2.05) is 0 Å². The number of amides is 14.